The van der Waals surface area contributed by atoms with Crippen LogP contribution in [-0.2, 0) is 20.8 Å². The Balaban J connectivity index is 1.86. The van der Waals surface area contributed by atoms with E-state index >= 15 is 0 Å². The fourth-order valence-electron chi connectivity index (χ4n) is 4.74. The summed E-state index contributed by atoms with van der Waals surface area (Å²) < 4.78 is 12.0. The molecule has 0 fully saturated rings. The van der Waals surface area contributed by atoms with Gasteiger partial charge in [-0.05, 0) is 56.5 Å². The van der Waals surface area contributed by atoms with Crippen molar-refractivity contribution in [1.29, 1.82) is 0 Å². The average molecular weight is 536 g/mol. The van der Waals surface area contributed by atoms with E-state index in [2.05, 4.69) is 36.1 Å². The Labute approximate surface area is 237 Å². The molecule has 0 unspecified atom stereocenters. The molecule has 4 aromatic rings. The van der Waals surface area contributed by atoms with Gasteiger partial charge in [-0.3, -0.25) is 4.90 Å². The summed E-state index contributed by atoms with van der Waals surface area (Å²) in [6.45, 7) is 8.06. The number of carbonyl (C=O) groups is 2. The van der Waals surface area contributed by atoms with Gasteiger partial charge in [-0.2, -0.15) is 0 Å². The van der Waals surface area contributed by atoms with Gasteiger partial charge in [0.25, 0.3) is 0 Å². The maximum absolute atomic E-state index is 13.9. The molecule has 0 N–H and O–H groups in total. The van der Waals surface area contributed by atoms with Crippen molar-refractivity contribution in [2.75, 3.05) is 0 Å². The molecule has 5 heteroatoms. The third kappa shape index (κ3) is 7.67. The molecule has 206 valence electrons. The van der Waals surface area contributed by atoms with E-state index in [0.29, 0.717) is 12.1 Å². The maximum atomic E-state index is 13.9. The number of benzene rings is 4. The molecule has 0 spiro atoms. The Hall–Kier alpha value is -4.22. The summed E-state index contributed by atoms with van der Waals surface area (Å²) in [4.78, 5) is 29.6. The number of ether oxygens (including phenoxy) is 2. The van der Waals surface area contributed by atoms with Gasteiger partial charge < -0.3 is 9.47 Å². The van der Waals surface area contributed by atoms with Crippen LogP contribution < -0.4 is 0 Å². The predicted octanol–water partition coefficient (Wildman–Crippen LogP) is 7.56. The molecule has 0 saturated carbocycles. The third-order valence-electron chi connectivity index (χ3n) is 6.66. The summed E-state index contributed by atoms with van der Waals surface area (Å²) in [7, 11) is 0. The van der Waals surface area contributed by atoms with Crippen molar-refractivity contribution in [1.82, 2.24) is 4.90 Å². The van der Waals surface area contributed by atoms with Gasteiger partial charge in [-0.1, -0.05) is 109 Å². The lowest BCUT2D eigenvalue weighted by Crippen LogP contribution is -2.46. The lowest BCUT2D eigenvalue weighted by molar-refractivity contribution is -0.170. The van der Waals surface area contributed by atoms with Crippen molar-refractivity contribution >= 4 is 11.9 Å². The molecule has 5 nitrogen and oxygen atoms in total. The molecule has 4 aromatic carbocycles. The van der Waals surface area contributed by atoms with Crippen molar-refractivity contribution in [2.24, 2.45) is 0 Å². The van der Waals surface area contributed by atoms with E-state index in [1.54, 1.807) is 24.3 Å². The van der Waals surface area contributed by atoms with Crippen molar-refractivity contribution < 1.29 is 19.1 Å². The summed E-state index contributed by atoms with van der Waals surface area (Å²) in [5.74, 6) is -1.17. The largest absolute Gasteiger partial charge is 0.457 e. The highest BCUT2D eigenvalue weighted by Gasteiger charge is 2.42. The van der Waals surface area contributed by atoms with Crippen LogP contribution in [0.4, 0.5) is 0 Å². The van der Waals surface area contributed by atoms with Crippen LogP contribution in [0.25, 0.3) is 0 Å². The summed E-state index contributed by atoms with van der Waals surface area (Å²) >= 11 is 0. The van der Waals surface area contributed by atoms with Gasteiger partial charge >= 0.3 is 11.9 Å². The zero-order valence-electron chi connectivity index (χ0n) is 23.6. The zero-order valence-corrected chi connectivity index (χ0v) is 23.6. The highest BCUT2D eigenvalue weighted by atomic mass is 16.6. The second-order valence-corrected chi connectivity index (χ2v) is 10.8. The number of hydrogen-bond acceptors (Lipinski definition) is 5. The van der Waals surface area contributed by atoms with E-state index in [1.165, 1.54) is 0 Å². The standard InChI is InChI=1S/C35H37NO4/c1-26(28-19-11-6-12-20-28)36(25-27-17-9-5-10-18-27)31(29-21-13-7-14-22-29)32(34(38)40-35(2,3)4)39-33(37)30-23-15-8-16-24-30/h5-24,26,31-32H,25H2,1-4H3/t26-,31-,32-/m0/s1. The van der Waals surface area contributed by atoms with Crippen molar-refractivity contribution in [2.45, 2.75) is 58.0 Å². The Bertz CT molecular complexity index is 1350. The first kappa shape index (κ1) is 28.8. The number of esters is 2. The van der Waals surface area contributed by atoms with Gasteiger partial charge in [0, 0.05) is 12.6 Å². The number of rotatable bonds is 10. The van der Waals surface area contributed by atoms with Crippen LogP contribution in [0.5, 0.6) is 0 Å². The van der Waals surface area contributed by atoms with Crippen LogP contribution in [0, 0.1) is 0 Å². The van der Waals surface area contributed by atoms with Crippen molar-refractivity contribution in [3.05, 3.63) is 144 Å². The van der Waals surface area contributed by atoms with Crippen molar-refractivity contribution in [3.8, 4) is 0 Å². The topological polar surface area (TPSA) is 55.8 Å². The second kappa shape index (κ2) is 13.2. The average Bonchev–Trinajstić information content (AvgIpc) is 2.97. The number of carbonyl (C=O) groups excluding carboxylic acids is 2. The molecule has 0 aliphatic heterocycles. The molecule has 0 aliphatic rings. The highest BCUT2D eigenvalue weighted by Crippen LogP contribution is 2.37. The van der Waals surface area contributed by atoms with E-state index < -0.39 is 29.7 Å². The molecule has 0 saturated heterocycles. The summed E-state index contributed by atoms with van der Waals surface area (Å²) in [5, 5.41) is 0. The van der Waals surface area contributed by atoms with Crippen LogP contribution >= 0.6 is 0 Å². The summed E-state index contributed by atoms with van der Waals surface area (Å²) in [6.07, 6.45) is -1.23. The summed E-state index contributed by atoms with van der Waals surface area (Å²) in [5.41, 5.74) is 2.59. The number of hydrogen-bond donors (Lipinski definition) is 0. The maximum Gasteiger partial charge on any atom is 0.350 e. The molecule has 40 heavy (non-hydrogen) atoms. The van der Waals surface area contributed by atoms with Gasteiger partial charge in [-0.15, -0.1) is 0 Å². The van der Waals surface area contributed by atoms with E-state index in [4.69, 9.17) is 9.47 Å². The predicted molar refractivity (Wildman–Crippen MR) is 158 cm³/mol. The monoisotopic (exact) mass is 535 g/mol. The van der Waals surface area contributed by atoms with E-state index in [9.17, 15) is 9.59 Å². The smallest absolute Gasteiger partial charge is 0.350 e. The zero-order chi connectivity index (χ0) is 28.5. The van der Waals surface area contributed by atoms with Crippen LogP contribution in [0.15, 0.2) is 121 Å². The fraction of sp³-hybridized carbons (Fsp3) is 0.257. The second-order valence-electron chi connectivity index (χ2n) is 10.8. The van der Waals surface area contributed by atoms with Crippen molar-refractivity contribution in [3.63, 3.8) is 0 Å². The molecule has 4 rings (SSSR count). The Morgan fingerprint density at radius 1 is 0.700 bits per heavy atom. The van der Waals surface area contributed by atoms with Crippen LogP contribution in [0.3, 0.4) is 0 Å². The first-order chi connectivity index (χ1) is 19.2. The Morgan fingerprint density at radius 2 is 1.18 bits per heavy atom. The van der Waals surface area contributed by atoms with Crippen LogP contribution in [-0.4, -0.2) is 28.5 Å². The van der Waals surface area contributed by atoms with E-state index in [1.807, 2.05) is 93.6 Å². The van der Waals surface area contributed by atoms with Gasteiger partial charge in [0.2, 0.25) is 6.10 Å². The van der Waals surface area contributed by atoms with E-state index in [0.717, 1.165) is 16.7 Å². The normalized spacial score (nSPS) is 13.7. The summed E-state index contributed by atoms with van der Waals surface area (Å²) in [6, 6.07) is 37.9. The Morgan fingerprint density at radius 3 is 1.70 bits per heavy atom. The molecule has 0 aromatic heterocycles. The lowest BCUT2D eigenvalue weighted by Gasteiger charge is -2.40. The van der Waals surface area contributed by atoms with Gasteiger partial charge in [0.1, 0.15) is 5.60 Å². The molecular weight excluding hydrogens is 498 g/mol. The van der Waals surface area contributed by atoms with E-state index in [-0.39, 0.29) is 6.04 Å². The molecule has 0 heterocycles. The minimum atomic E-state index is -1.23. The van der Waals surface area contributed by atoms with Gasteiger partial charge in [-0.25, -0.2) is 9.59 Å². The van der Waals surface area contributed by atoms with Crippen LogP contribution in [0.1, 0.15) is 66.8 Å². The molecule has 3 atom stereocenters. The fourth-order valence-corrected chi connectivity index (χ4v) is 4.74. The minimum Gasteiger partial charge on any atom is -0.457 e. The molecule has 0 radical (unpaired) electrons. The Kier molecular flexibility index (Phi) is 9.52. The lowest BCUT2D eigenvalue weighted by atomic mass is 9.94. The number of nitrogens with zero attached hydrogens (tertiary/aromatic N) is 1. The molecular formula is C35H37NO4. The van der Waals surface area contributed by atoms with Gasteiger partial charge in [0.15, 0.2) is 0 Å². The molecule has 0 amide bonds. The van der Waals surface area contributed by atoms with Gasteiger partial charge in [0.05, 0.1) is 11.6 Å². The first-order valence-corrected chi connectivity index (χ1v) is 13.6. The van der Waals surface area contributed by atoms with Crippen LogP contribution in [0.2, 0.25) is 0 Å². The highest BCUT2D eigenvalue weighted by molar-refractivity contribution is 5.91. The SMILES string of the molecule is C[C@@H](c1ccccc1)N(Cc1ccccc1)[C@@H](c1ccccc1)[C@H](OC(=O)c1ccccc1)C(=O)OC(C)(C)C. The first-order valence-electron chi connectivity index (χ1n) is 13.6. The minimum absolute atomic E-state index is 0.132. The molecule has 0 bridgehead atoms. The third-order valence-corrected chi connectivity index (χ3v) is 6.66. The molecule has 0 aliphatic carbocycles. The quantitative estimate of drug-likeness (QED) is 0.196.